The van der Waals surface area contributed by atoms with E-state index in [1.54, 1.807) is 32.3 Å². The highest BCUT2D eigenvalue weighted by atomic mass is 79.9. The largest absolute Gasteiger partial charge is 0.350 e. The first-order valence-corrected chi connectivity index (χ1v) is 8.64. The Morgan fingerprint density at radius 2 is 1.88 bits per heavy atom. The van der Waals surface area contributed by atoms with E-state index in [1.165, 1.54) is 4.90 Å². The quantitative estimate of drug-likeness (QED) is 0.653. The first-order valence-electron chi connectivity index (χ1n) is 7.47. The normalized spacial score (nSPS) is 10.7. The van der Waals surface area contributed by atoms with Crippen molar-refractivity contribution in [3.63, 3.8) is 0 Å². The number of benzene rings is 2. The molecule has 0 saturated carbocycles. The third-order valence-electron chi connectivity index (χ3n) is 3.73. The number of fused-ring (bicyclic) bond motifs is 1. The van der Waals surface area contributed by atoms with Crippen LogP contribution in [0.4, 0.5) is 5.69 Å². The van der Waals surface area contributed by atoms with Crippen molar-refractivity contribution < 1.29 is 9.59 Å². The highest BCUT2D eigenvalue weighted by Gasteiger charge is 2.17. The molecule has 2 N–H and O–H groups in total. The van der Waals surface area contributed by atoms with Gasteiger partial charge < -0.3 is 15.2 Å². The summed E-state index contributed by atoms with van der Waals surface area (Å²) < 4.78 is 0.700. The molecular formula is C18H15BrClN3O2. The zero-order chi connectivity index (χ0) is 18.1. The molecule has 1 aromatic heterocycles. The molecule has 1 heterocycles. The number of aromatic amines is 1. The molecule has 3 aromatic rings. The molecule has 25 heavy (non-hydrogen) atoms. The lowest BCUT2D eigenvalue weighted by molar-refractivity contribution is 0.0827. The van der Waals surface area contributed by atoms with Crippen molar-refractivity contribution in [1.29, 1.82) is 0 Å². The molecule has 2 amide bonds. The Labute approximate surface area is 158 Å². The molecule has 0 atom stereocenters. The number of nitrogens with zero attached hydrogens (tertiary/aromatic N) is 1. The van der Waals surface area contributed by atoms with Crippen LogP contribution in [0.2, 0.25) is 5.02 Å². The van der Waals surface area contributed by atoms with Crippen molar-refractivity contribution in [1.82, 2.24) is 9.88 Å². The van der Waals surface area contributed by atoms with Crippen LogP contribution in [0.5, 0.6) is 0 Å². The fraction of sp³-hybridized carbons (Fsp3) is 0.111. The number of nitrogens with one attached hydrogen (secondary N) is 2. The van der Waals surface area contributed by atoms with Crippen LogP contribution < -0.4 is 5.32 Å². The van der Waals surface area contributed by atoms with Crippen molar-refractivity contribution in [2.75, 3.05) is 19.4 Å². The maximum atomic E-state index is 12.6. The van der Waals surface area contributed by atoms with Gasteiger partial charge in [0.15, 0.2) is 0 Å². The number of para-hydroxylation sites is 1. The van der Waals surface area contributed by atoms with E-state index in [0.717, 1.165) is 10.9 Å². The van der Waals surface area contributed by atoms with Gasteiger partial charge >= 0.3 is 0 Å². The Kier molecular flexibility index (Phi) is 4.83. The summed E-state index contributed by atoms with van der Waals surface area (Å²) >= 11 is 9.64. The lowest BCUT2D eigenvalue weighted by Gasteiger charge is -2.12. The Morgan fingerprint density at radius 1 is 1.16 bits per heavy atom. The number of carbonyl (C=O) groups is 2. The minimum atomic E-state index is -0.300. The van der Waals surface area contributed by atoms with E-state index in [4.69, 9.17) is 11.6 Å². The van der Waals surface area contributed by atoms with Gasteiger partial charge in [0.05, 0.1) is 15.1 Å². The molecule has 5 nitrogen and oxygen atoms in total. The number of hydrogen-bond acceptors (Lipinski definition) is 2. The summed E-state index contributed by atoms with van der Waals surface area (Å²) in [4.78, 5) is 29.1. The van der Waals surface area contributed by atoms with E-state index in [0.29, 0.717) is 21.4 Å². The maximum Gasteiger partial charge on any atom is 0.273 e. The first-order chi connectivity index (χ1) is 11.9. The van der Waals surface area contributed by atoms with Gasteiger partial charge in [-0.3, -0.25) is 9.59 Å². The standard InChI is InChI=1S/C18H15BrClN3O2/c1-23(2)18(25)11-8-7-10(9-13(11)20)21-17(24)16-15(19)12-5-3-4-6-14(12)22-16/h3-9,22H,1-2H3,(H,21,24). The molecule has 7 heteroatoms. The summed E-state index contributed by atoms with van der Waals surface area (Å²) in [5, 5.41) is 4.00. The van der Waals surface area contributed by atoms with Crippen LogP contribution in [0.3, 0.4) is 0 Å². The first kappa shape index (κ1) is 17.5. The minimum Gasteiger partial charge on any atom is -0.350 e. The lowest BCUT2D eigenvalue weighted by atomic mass is 10.2. The summed E-state index contributed by atoms with van der Waals surface area (Å²) in [6, 6.07) is 12.4. The van der Waals surface area contributed by atoms with Gasteiger partial charge in [-0.05, 0) is 40.2 Å². The molecule has 2 aromatic carbocycles. The van der Waals surface area contributed by atoms with Crippen molar-refractivity contribution in [3.8, 4) is 0 Å². The Morgan fingerprint density at radius 3 is 2.52 bits per heavy atom. The second kappa shape index (κ2) is 6.90. The molecule has 0 aliphatic heterocycles. The second-order valence-corrected chi connectivity index (χ2v) is 6.91. The van der Waals surface area contributed by atoms with Gasteiger partial charge in [0.25, 0.3) is 11.8 Å². The highest BCUT2D eigenvalue weighted by molar-refractivity contribution is 9.10. The zero-order valence-corrected chi connectivity index (χ0v) is 15.9. The van der Waals surface area contributed by atoms with Gasteiger partial charge in [-0.2, -0.15) is 0 Å². The Bertz CT molecular complexity index is 982. The molecule has 0 unspecified atom stereocenters. The van der Waals surface area contributed by atoms with Crippen LogP contribution in [0.1, 0.15) is 20.8 Å². The molecule has 0 aliphatic carbocycles. The summed E-state index contributed by atoms with van der Waals surface area (Å²) in [6.07, 6.45) is 0. The smallest absolute Gasteiger partial charge is 0.273 e. The minimum absolute atomic E-state index is 0.193. The number of aromatic nitrogens is 1. The number of hydrogen-bond donors (Lipinski definition) is 2. The topological polar surface area (TPSA) is 65.2 Å². The molecule has 0 bridgehead atoms. The number of anilines is 1. The molecule has 0 spiro atoms. The van der Waals surface area contributed by atoms with E-state index in [9.17, 15) is 9.59 Å². The maximum absolute atomic E-state index is 12.6. The van der Waals surface area contributed by atoms with E-state index in [2.05, 4.69) is 26.2 Å². The summed E-state index contributed by atoms with van der Waals surface area (Å²) in [5.41, 5.74) is 2.18. The van der Waals surface area contributed by atoms with E-state index in [-0.39, 0.29) is 16.8 Å². The Hall–Kier alpha value is -2.31. The molecule has 3 rings (SSSR count). The number of amides is 2. The highest BCUT2D eigenvalue weighted by Crippen LogP contribution is 2.29. The second-order valence-electron chi connectivity index (χ2n) is 5.71. The third kappa shape index (κ3) is 3.41. The van der Waals surface area contributed by atoms with E-state index < -0.39 is 0 Å². The molecule has 128 valence electrons. The number of halogens is 2. The fourth-order valence-electron chi connectivity index (χ4n) is 2.46. The van der Waals surface area contributed by atoms with Crippen LogP contribution in [0.25, 0.3) is 10.9 Å². The fourth-order valence-corrected chi connectivity index (χ4v) is 3.35. The van der Waals surface area contributed by atoms with Crippen molar-refractivity contribution in [2.24, 2.45) is 0 Å². The SMILES string of the molecule is CN(C)C(=O)c1ccc(NC(=O)c2[nH]c3ccccc3c2Br)cc1Cl. The van der Waals surface area contributed by atoms with Gasteiger partial charge in [0, 0.05) is 30.7 Å². The van der Waals surface area contributed by atoms with Crippen LogP contribution >= 0.6 is 27.5 Å². The van der Waals surface area contributed by atoms with Crippen molar-refractivity contribution in [2.45, 2.75) is 0 Å². The molecular weight excluding hydrogens is 406 g/mol. The summed E-state index contributed by atoms with van der Waals surface area (Å²) in [7, 11) is 3.31. The van der Waals surface area contributed by atoms with Gasteiger partial charge in [-0.25, -0.2) is 0 Å². The van der Waals surface area contributed by atoms with Crippen LogP contribution in [-0.2, 0) is 0 Å². The average molecular weight is 421 g/mol. The summed E-state index contributed by atoms with van der Waals surface area (Å²) in [5.74, 6) is -0.493. The van der Waals surface area contributed by atoms with Crippen LogP contribution in [0, 0.1) is 0 Å². The Balaban J connectivity index is 1.86. The van der Waals surface area contributed by atoms with Gasteiger partial charge in [-0.1, -0.05) is 29.8 Å². The predicted octanol–water partition coefficient (Wildman–Crippen LogP) is 4.54. The molecule has 0 radical (unpaired) electrons. The van der Waals surface area contributed by atoms with Crippen molar-refractivity contribution >= 4 is 55.9 Å². The van der Waals surface area contributed by atoms with E-state index in [1.807, 2.05) is 24.3 Å². The number of rotatable bonds is 3. The predicted molar refractivity (Wildman–Crippen MR) is 103 cm³/mol. The molecule has 0 fully saturated rings. The summed E-state index contributed by atoms with van der Waals surface area (Å²) in [6.45, 7) is 0. The van der Waals surface area contributed by atoms with Gasteiger partial charge in [0.1, 0.15) is 5.69 Å². The lowest BCUT2D eigenvalue weighted by Crippen LogP contribution is -2.22. The van der Waals surface area contributed by atoms with Gasteiger partial charge in [0.2, 0.25) is 0 Å². The van der Waals surface area contributed by atoms with Gasteiger partial charge in [-0.15, -0.1) is 0 Å². The average Bonchev–Trinajstić information content (AvgIpc) is 2.92. The van der Waals surface area contributed by atoms with Crippen LogP contribution in [0.15, 0.2) is 46.9 Å². The van der Waals surface area contributed by atoms with E-state index >= 15 is 0 Å². The zero-order valence-electron chi connectivity index (χ0n) is 13.6. The van der Waals surface area contributed by atoms with Crippen LogP contribution in [-0.4, -0.2) is 35.8 Å². The number of H-pyrrole nitrogens is 1. The van der Waals surface area contributed by atoms with Crippen molar-refractivity contribution in [3.05, 3.63) is 63.2 Å². The number of carbonyl (C=O) groups excluding carboxylic acids is 2. The monoisotopic (exact) mass is 419 g/mol. The molecule has 0 aliphatic rings. The molecule has 0 saturated heterocycles. The third-order valence-corrected chi connectivity index (χ3v) is 4.87.